The molecule has 2 rings (SSSR count). The van der Waals surface area contributed by atoms with Crippen molar-refractivity contribution in [2.45, 2.75) is 25.7 Å². The molecule has 0 saturated heterocycles. The molecule has 0 aromatic heterocycles. The van der Waals surface area contributed by atoms with Gasteiger partial charge in [-0.2, -0.15) is 4.31 Å². The molecule has 0 bridgehead atoms. The summed E-state index contributed by atoms with van der Waals surface area (Å²) in [7, 11) is -3.64. The summed E-state index contributed by atoms with van der Waals surface area (Å²) in [6.45, 7) is 5.85. The molecule has 2 N–H and O–H groups in total. The molecule has 2 aromatic carbocycles. The maximum absolute atomic E-state index is 12.7. The zero-order valence-corrected chi connectivity index (χ0v) is 17.3. The fourth-order valence-corrected chi connectivity index (χ4v) is 4.20. The van der Waals surface area contributed by atoms with Gasteiger partial charge in [0, 0.05) is 36.6 Å². The quantitative estimate of drug-likeness (QED) is 0.475. The van der Waals surface area contributed by atoms with Gasteiger partial charge in [0.05, 0.1) is 16.4 Å². The maximum atomic E-state index is 12.7. The molecule has 0 spiro atoms. The highest BCUT2D eigenvalue weighted by molar-refractivity contribution is 7.89. The van der Waals surface area contributed by atoms with Crippen LogP contribution in [0.1, 0.15) is 19.4 Å². The molecule has 0 unspecified atom stereocenters. The van der Waals surface area contributed by atoms with Gasteiger partial charge in [0.2, 0.25) is 15.9 Å². The number of rotatable bonds is 9. The van der Waals surface area contributed by atoms with Gasteiger partial charge in [0.15, 0.2) is 0 Å². The SMILES string of the molecule is CCN(CC)S(=O)(=O)c1ccc(C)c(NC(=O)CNc2cccc([N+](=O)[O-])c2)c1. The monoisotopic (exact) mass is 420 g/mol. The number of carbonyl (C=O) groups is 1. The van der Waals surface area contributed by atoms with E-state index in [-0.39, 0.29) is 17.1 Å². The van der Waals surface area contributed by atoms with Crippen LogP contribution in [-0.2, 0) is 14.8 Å². The first kappa shape index (κ1) is 22.3. The van der Waals surface area contributed by atoms with Gasteiger partial charge in [-0.1, -0.05) is 26.0 Å². The first-order chi connectivity index (χ1) is 13.7. The van der Waals surface area contributed by atoms with Gasteiger partial charge >= 0.3 is 0 Å². The lowest BCUT2D eigenvalue weighted by Gasteiger charge is -2.19. The Morgan fingerprint density at radius 3 is 2.45 bits per heavy atom. The number of nitrogens with one attached hydrogen (secondary N) is 2. The van der Waals surface area contributed by atoms with Gasteiger partial charge in [-0.15, -0.1) is 0 Å². The second-order valence-electron chi connectivity index (χ2n) is 6.28. The molecule has 0 fully saturated rings. The number of benzene rings is 2. The topological polar surface area (TPSA) is 122 Å². The molecule has 1 amide bonds. The molecular formula is C19H24N4O5S. The average Bonchev–Trinajstić information content (AvgIpc) is 2.69. The van der Waals surface area contributed by atoms with Gasteiger partial charge in [0.25, 0.3) is 5.69 Å². The summed E-state index contributed by atoms with van der Waals surface area (Å²) in [6.07, 6.45) is 0. The molecule has 29 heavy (non-hydrogen) atoms. The lowest BCUT2D eigenvalue weighted by molar-refractivity contribution is -0.384. The Morgan fingerprint density at radius 1 is 1.14 bits per heavy atom. The molecule has 156 valence electrons. The van der Waals surface area contributed by atoms with Crippen LogP contribution in [0.5, 0.6) is 0 Å². The number of non-ortho nitro benzene ring substituents is 1. The van der Waals surface area contributed by atoms with Crippen LogP contribution >= 0.6 is 0 Å². The van der Waals surface area contributed by atoms with Crippen LogP contribution in [0.25, 0.3) is 0 Å². The predicted molar refractivity (Wildman–Crippen MR) is 112 cm³/mol. The minimum absolute atomic E-state index is 0.0828. The Morgan fingerprint density at radius 2 is 1.83 bits per heavy atom. The van der Waals surface area contributed by atoms with Crippen molar-refractivity contribution in [2.24, 2.45) is 0 Å². The fraction of sp³-hybridized carbons (Fsp3) is 0.316. The normalized spacial score (nSPS) is 11.3. The molecule has 0 heterocycles. The van der Waals surface area contributed by atoms with E-state index >= 15 is 0 Å². The van der Waals surface area contributed by atoms with Gasteiger partial charge in [-0.3, -0.25) is 14.9 Å². The molecule has 0 aliphatic rings. The fourth-order valence-electron chi connectivity index (χ4n) is 2.72. The third kappa shape index (κ3) is 5.52. The number of hydrogen-bond donors (Lipinski definition) is 2. The van der Waals surface area contributed by atoms with Gasteiger partial charge in [0.1, 0.15) is 0 Å². The summed E-state index contributed by atoms with van der Waals surface area (Å²) < 4.78 is 26.7. The summed E-state index contributed by atoms with van der Waals surface area (Å²) in [4.78, 5) is 22.7. The molecule has 0 atom stereocenters. The number of anilines is 2. The van der Waals surface area contributed by atoms with Crippen molar-refractivity contribution in [1.29, 1.82) is 0 Å². The number of hydrogen-bond acceptors (Lipinski definition) is 6. The minimum Gasteiger partial charge on any atom is -0.376 e. The molecular weight excluding hydrogens is 396 g/mol. The second kappa shape index (κ2) is 9.48. The Balaban J connectivity index is 2.12. The third-order valence-electron chi connectivity index (χ3n) is 4.34. The number of nitro groups is 1. The largest absolute Gasteiger partial charge is 0.376 e. The van der Waals surface area contributed by atoms with E-state index in [4.69, 9.17) is 0 Å². The van der Waals surface area contributed by atoms with E-state index in [0.29, 0.717) is 30.0 Å². The highest BCUT2D eigenvalue weighted by atomic mass is 32.2. The van der Waals surface area contributed by atoms with Crippen LogP contribution in [-0.4, -0.2) is 43.2 Å². The van der Waals surface area contributed by atoms with Crippen LogP contribution in [0.3, 0.4) is 0 Å². The number of nitro benzene ring substituents is 1. The standard InChI is InChI=1S/C19H24N4O5S/c1-4-22(5-2)29(27,28)17-10-9-14(3)18(12-17)21-19(24)13-20-15-7-6-8-16(11-15)23(25)26/h6-12,20H,4-5,13H2,1-3H3,(H,21,24). The van der Waals surface area contributed by atoms with Gasteiger partial charge in [-0.25, -0.2) is 8.42 Å². The Kier molecular flexibility index (Phi) is 7.29. The highest BCUT2D eigenvalue weighted by Gasteiger charge is 2.22. The van der Waals surface area contributed by atoms with E-state index in [2.05, 4.69) is 10.6 Å². The first-order valence-corrected chi connectivity index (χ1v) is 10.5. The number of aryl methyl sites for hydroxylation is 1. The Bertz CT molecular complexity index is 1000. The van der Waals surface area contributed by atoms with Gasteiger partial charge in [-0.05, 0) is 30.7 Å². The third-order valence-corrected chi connectivity index (χ3v) is 6.38. The zero-order chi connectivity index (χ0) is 21.6. The van der Waals surface area contributed by atoms with Crippen molar-refractivity contribution in [1.82, 2.24) is 4.31 Å². The number of sulfonamides is 1. The van der Waals surface area contributed by atoms with Crippen LogP contribution in [0.2, 0.25) is 0 Å². The van der Waals surface area contributed by atoms with E-state index in [1.165, 1.54) is 34.6 Å². The Labute approximate surface area is 169 Å². The summed E-state index contributed by atoms with van der Waals surface area (Å²) in [5.41, 5.74) is 1.46. The summed E-state index contributed by atoms with van der Waals surface area (Å²) >= 11 is 0. The minimum atomic E-state index is -3.64. The van der Waals surface area contributed by atoms with Crippen molar-refractivity contribution in [3.8, 4) is 0 Å². The highest BCUT2D eigenvalue weighted by Crippen LogP contribution is 2.23. The number of amides is 1. The Hall–Kier alpha value is -2.98. The van der Waals surface area contributed by atoms with Crippen molar-refractivity contribution in [2.75, 3.05) is 30.3 Å². The van der Waals surface area contributed by atoms with Crippen LogP contribution < -0.4 is 10.6 Å². The summed E-state index contributed by atoms with van der Waals surface area (Å²) in [5.74, 6) is -0.406. The van der Waals surface area contributed by atoms with E-state index in [1.807, 2.05) is 0 Å². The molecule has 10 heteroatoms. The van der Waals surface area contributed by atoms with Crippen LogP contribution in [0, 0.1) is 17.0 Å². The van der Waals surface area contributed by atoms with Crippen molar-refractivity contribution in [3.63, 3.8) is 0 Å². The molecule has 2 aromatic rings. The molecule has 0 radical (unpaired) electrons. The smallest absolute Gasteiger partial charge is 0.271 e. The van der Waals surface area contributed by atoms with E-state index in [1.54, 1.807) is 32.9 Å². The predicted octanol–water partition coefficient (Wildman–Crippen LogP) is 2.98. The van der Waals surface area contributed by atoms with Crippen LogP contribution in [0.15, 0.2) is 47.4 Å². The number of carbonyl (C=O) groups excluding carboxylic acids is 1. The summed E-state index contributed by atoms with van der Waals surface area (Å²) in [6, 6.07) is 10.4. The van der Waals surface area contributed by atoms with Gasteiger partial charge < -0.3 is 10.6 Å². The zero-order valence-electron chi connectivity index (χ0n) is 16.5. The second-order valence-corrected chi connectivity index (χ2v) is 8.21. The van der Waals surface area contributed by atoms with Crippen molar-refractivity contribution < 1.29 is 18.1 Å². The molecule has 9 nitrogen and oxygen atoms in total. The average molecular weight is 420 g/mol. The van der Waals surface area contributed by atoms with Crippen molar-refractivity contribution in [3.05, 3.63) is 58.1 Å². The van der Waals surface area contributed by atoms with E-state index < -0.39 is 20.9 Å². The molecule has 0 aliphatic carbocycles. The van der Waals surface area contributed by atoms with E-state index in [9.17, 15) is 23.3 Å². The van der Waals surface area contributed by atoms with Crippen LogP contribution in [0.4, 0.5) is 17.1 Å². The molecule has 0 saturated carbocycles. The van der Waals surface area contributed by atoms with Crippen molar-refractivity contribution >= 4 is 33.0 Å². The molecule has 0 aliphatic heterocycles. The lowest BCUT2D eigenvalue weighted by Crippen LogP contribution is -2.30. The summed E-state index contributed by atoms with van der Waals surface area (Å²) in [5, 5.41) is 16.3. The first-order valence-electron chi connectivity index (χ1n) is 9.08. The van der Waals surface area contributed by atoms with E-state index in [0.717, 1.165) is 0 Å². The maximum Gasteiger partial charge on any atom is 0.271 e. The number of nitrogens with zero attached hydrogens (tertiary/aromatic N) is 2. The lowest BCUT2D eigenvalue weighted by atomic mass is 10.2.